The first kappa shape index (κ1) is 15.0. The molecule has 1 aromatic carbocycles. The number of methoxy groups -OCH3 is 2. The third kappa shape index (κ3) is 3.81. The molecule has 0 radical (unpaired) electrons. The number of carbonyl (C=O) groups is 1. The second-order valence-corrected chi connectivity index (χ2v) is 5.30. The van der Waals surface area contributed by atoms with Crippen molar-refractivity contribution in [2.24, 2.45) is 5.92 Å². The highest BCUT2D eigenvalue weighted by Crippen LogP contribution is 2.21. The van der Waals surface area contributed by atoms with Gasteiger partial charge < -0.3 is 9.47 Å². The number of likely N-dealkylation sites (tertiary alicyclic amines) is 1. The summed E-state index contributed by atoms with van der Waals surface area (Å²) in [5.41, 5.74) is 0.675. The van der Waals surface area contributed by atoms with Gasteiger partial charge in [-0.3, -0.25) is 9.69 Å². The van der Waals surface area contributed by atoms with Gasteiger partial charge in [0.1, 0.15) is 5.75 Å². The highest BCUT2D eigenvalue weighted by atomic mass is 16.5. The quantitative estimate of drug-likeness (QED) is 0.748. The summed E-state index contributed by atoms with van der Waals surface area (Å²) in [5, 5.41) is 0. The van der Waals surface area contributed by atoms with Gasteiger partial charge in [-0.2, -0.15) is 0 Å². The normalized spacial score (nSPS) is 17.1. The van der Waals surface area contributed by atoms with Crippen molar-refractivity contribution in [1.82, 2.24) is 4.90 Å². The van der Waals surface area contributed by atoms with Crippen molar-refractivity contribution in [2.75, 3.05) is 40.5 Å². The van der Waals surface area contributed by atoms with Gasteiger partial charge in [-0.1, -0.05) is 12.1 Å². The zero-order chi connectivity index (χ0) is 14.4. The van der Waals surface area contributed by atoms with Gasteiger partial charge in [-0.25, -0.2) is 0 Å². The van der Waals surface area contributed by atoms with Crippen LogP contribution in [0.25, 0.3) is 0 Å². The Kier molecular flexibility index (Phi) is 5.56. The average molecular weight is 277 g/mol. The summed E-state index contributed by atoms with van der Waals surface area (Å²) < 4.78 is 10.4. The maximum atomic E-state index is 12.4. The van der Waals surface area contributed by atoms with E-state index in [4.69, 9.17) is 9.47 Å². The molecule has 0 unspecified atom stereocenters. The topological polar surface area (TPSA) is 38.8 Å². The molecule has 0 atom stereocenters. The number of nitrogens with zero attached hydrogens (tertiary/aromatic N) is 1. The highest BCUT2D eigenvalue weighted by molar-refractivity contribution is 6.00. The van der Waals surface area contributed by atoms with Gasteiger partial charge in [-0.05, 0) is 44.0 Å². The minimum Gasteiger partial charge on any atom is -0.496 e. The first-order valence-corrected chi connectivity index (χ1v) is 7.12. The summed E-state index contributed by atoms with van der Waals surface area (Å²) in [6.07, 6.45) is 2.21. The van der Waals surface area contributed by atoms with Crippen LogP contribution in [0, 0.1) is 5.92 Å². The van der Waals surface area contributed by atoms with Gasteiger partial charge in [0.15, 0.2) is 5.78 Å². The van der Waals surface area contributed by atoms with Crippen molar-refractivity contribution in [3.05, 3.63) is 29.8 Å². The molecule has 1 heterocycles. The number of piperidine rings is 1. The fourth-order valence-corrected chi connectivity index (χ4v) is 2.71. The van der Waals surface area contributed by atoms with Gasteiger partial charge in [0.2, 0.25) is 0 Å². The number of benzene rings is 1. The van der Waals surface area contributed by atoms with Gasteiger partial charge in [-0.15, -0.1) is 0 Å². The standard InChI is InChI=1S/C16H23NO3/c1-19-12-13-7-9-17(10-8-13)11-15(18)14-5-3-4-6-16(14)20-2/h3-6,13H,7-12H2,1-2H3. The lowest BCUT2D eigenvalue weighted by Crippen LogP contribution is -2.38. The molecule has 1 aliphatic rings. The fraction of sp³-hybridized carbons (Fsp3) is 0.562. The van der Waals surface area contributed by atoms with Crippen LogP contribution in [0.15, 0.2) is 24.3 Å². The Morgan fingerprint density at radius 3 is 2.60 bits per heavy atom. The van der Waals surface area contributed by atoms with Crippen LogP contribution < -0.4 is 4.74 Å². The summed E-state index contributed by atoms with van der Waals surface area (Å²) >= 11 is 0. The molecule has 1 fully saturated rings. The van der Waals surface area contributed by atoms with E-state index in [-0.39, 0.29) is 5.78 Å². The number of hydrogen-bond donors (Lipinski definition) is 0. The van der Waals surface area contributed by atoms with Crippen molar-refractivity contribution >= 4 is 5.78 Å². The molecule has 1 aromatic rings. The summed E-state index contributed by atoms with van der Waals surface area (Å²) in [6, 6.07) is 7.42. The number of ether oxygens (including phenoxy) is 2. The lowest BCUT2D eigenvalue weighted by Gasteiger charge is -2.31. The van der Waals surface area contributed by atoms with E-state index >= 15 is 0 Å². The first-order valence-electron chi connectivity index (χ1n) is 7.12. The Bertz CT molecular complexity index is 439. The van der Waals surface area contributed by atoms with Crippen LogP contribution in [0.5, 0.6) is 5.75 Å². The maximum Gasteiger partial charge on any atom is 0.180 e. The van der Waals surface area contributed by atoms with Crippen LogP contribution in [-0.4, -0.2) is 51.1 Å². The average Bonchev–Trinajstić information content (AvgIpc) is 2.49. The van der Waals surface area contributed by atoms with Crippen LogP contribution >= 0.6 is 0 Å². The van der Waals surface area contributed by atoms with Crippen LogP contribution in [0.4, 0.5) is 0 Å². The summed E-state index contributed by atoms with van der Waals surface area (Å²) in [6.45, 7) is 3.23. The maximum absolute atomic E-state index is 12.4. The summed E-state index contributed by atoms with van der Waals surface area (Å²) in [7, 11) is 3.35. The predicted molar refractivity (Wildman–Crippen MR) is 78.4 cm³/mol. The SMILES string of the molecule is COCC1CCN(CC(=O)c2ccccc2OC)CC1. The zero-order valence-electron chi connectivity index (χ0n) is 12.3. The van der Waals surface area contributed by atoms with E-state index < -0.39 is 0 Å². The summed E-state index contributed by atoms with van der Waals surface area (Å²) in [4.78, 5) is 14.6. The first-order chi connectivity index (χ1) is 9.74. The van der Waals surface area contributed by atoms with E-state index in [0.717, 1.165) is 32.5 Å². The third-order valence-corrected chi connectivity index (χ3v) is 3.88. The molecule has 0 bridgehead atoms. The van der Waals surface area contributed by atoms with Gasteiger partial charge >= 0.3 is 0 Å². The molecule has 0 amide bonds. The van der Waals surface area contributed by atoms with Crippen LogP contribution in [-0.2, 0) is 4.74 Å². The minimum atomic E-state index is 0.132. The molecule has 0 spiro atoms. The van der Waals surface area contributed by atoms with Crippen LogP contribution in [0.2, 0.25) is 0 Å². The van der Waals surface area contributed by atoms with E-state index in [1.807, 2.05) is 24.3 Å². The monoisotopic (exact) mass is 277 g/mol. The Morgan fingerprint density at radius 2 is 1.95 bits per heavy atom. The number of carbonyl (C=O) groups excluding carboxylic acids is 1. The van der Waals surface area contributed by atoms with Gasteiger partial charge in [0.05, 0.1) is 19.2 Å². The number of para-hydroxylation sites is 1. The fourth-order valence-electron chi connectivity index (χ4n) is 2.71. The molecule has 2 rings (SSSR count). The Morgan fingerprint density at radius 1 is 1.25 bits per heavy atom. The lowest BCUT2D eigenvalue weighted by molar-refractivity contribution is 0.0807. The largest absolute Gasteiger partial charge is 0.496 e. The number of rotatable bonds is 6. The third-order valence-electron chi connectivity index (χ3n) is 3.88. The van der Waals surface area contributed by atoms with Crippen molar-refractivity contribution < 1.29 is 14.3 Å². The van der Waals surface area contributed by atoms with Crippen molar-refractivity contribution in [3.63, 3.8) is 0 Å². The molecule has 4 nitrogen and oxygen atoms in total. The van der Waals surface area contributed by atoms with Crippen molar-refractivity contribution in [1.29, 1.82) is 0 Å². The highest BCUT2D eigenvalue weighted by Gasteiger charge is 2.22. The van der Waals surface area contributed by atoms with Crippen molar-refractivity contribution in [2.45, 2.75) is 12.8 Å². The number of ketones is 1. The molecule has 1 saturated heterocycles. The Balaban J connectivity index is 1.89. The second kappa shape index (κ2) is 7.41. The van der Waals surface area contributed by atoms with Gasteiger partial charge in [0.25, 0.3) is 0 Å². The number of Topliss-reactive ketones (excluding diaryl/α,β-unsaturated/α-hetero) is 1. The van der Waals surface area contributed by atoms with Crippen LogP contribution in [0.1, 0.15) is 23.2 Å². The second-order valence-electron chi connectivity index (χ2n) is 5.30. The molecular formula is C16H23NO3. The predicted octanol–water partition coefficient (Wildman–Crippen LogP) is 2.24. The zero-order valence-corrected chi connectivity index (χ0v) is 12.3. The molecule has 1 aliphatic heterocycles. The smallest absolute Gasteiger partial charge is 0.180 e. The van der Waals surface area contributed by atoms with E-state index in [9.17, 15) is 4.79 Å². The van der Waals surface area contributed by atoms with Crippen LogP contribution in [0.3, 0.4) is 0 Å². The van der Waals surface area contributed by atoms with E-state index in [1.165, 1.54) is 0 Å². The van der Waals surface area contributed by atoms with E-state index in [1.54, 1.807) is 14.2 Å². The molecule has 4 heteroatoms. The molecule has 0 N–H and O–H groups in total. The number of hydrogen-bond acceptors (Lipinski definition) is 4. The molecule has 0 aromatic heterocycles. The lowest BCUT2D eigenvalue weighted by atomic mass is 9.97. The Labute approximate surface area is 120 Å². The van der Waals surface area contributed by atoms with Gasteiger partial charge in [0, 0.05) is 13.7 Å². The summed E-state index contributed by atoms with van der Waals surface area (Å²) in [5.74, 6) is 1.43. The minimum absolute atomic E-state index is 0.132. The molecule has 0 saturated carbocycles. The van der Waals surface area contributed by atoms with Crippen molar-refractivity contribution in [3.8, 4) is 5.75 Å². The molecule has 110 valence electrons. The van der Waals surface area contributed by atoms with E-state index in [2.05, 4.69) is 4.90 Å². The molecule has 0 aliphatic carbocycles. The molecule has 20 heavy (non-hydrogen) atoms. The Hall–Kier alpha value is -1.39. The molecular weight excluding hydrogens is 254 g/mol. The van der Waals surface area contributed by atoms with E-state index in [0.29, 0.717) is 23.8 Å².